The summed E-state index contributed by atoms with van der Waals surface area (Å²) in [6.07, 6.45) is 4.38. The molecule has 2 N–H and O–H groups in total. The van der Waals surface area contributed by atoms with Gasteiger partial charge in [0, 0.05) is 25.4 Å². The molecule has 3 rings (SSSR count). The molecule has 1 aliphatic carbocycles. The van der Waals surface area contributed by atoms with E-state index in [-0.39, 0.29) is 24.0 Å². The number of aliphatic imine (C=N–C) groups is 1. The van der Waals surface area contributed by atoms with Crippen LogP contribution in [0.5, 0.6) is 5.75 Å². The van der Waals surface area contributed by atoms with Crippen LogP contribution in [0.25, 0.3) is 0 Å². The van der Waals surface area contributed by atoms with Crippen molar-refractivity contribution in [1.29, 1.82) is 0 Å². The number of halogens is 1. The lowest BCUT2D eigenvalue weighted by atomic mass is 10.2. The topological polar surface area (TPSA) is 58.5 Å². The number of rotatable bonds is 7. The van der Waals surface area contributed by atoms with Crippen molar-refractivity contribution < 1.29 is 4.74 Å². The summed E-state index contributed by atoms with van der Waals surface area (Å²) in [4.78, 5) is 8.56. The molecule has 0 aliphatic heterocycles. The summed E-state index contributed by atoms with van der Waals surface area (Å²) in [5.41, 5.74) is 2.12. The number of nitrogens with one attached hydrogen (secondary N) is 2. The van der Waals surface area contributed by atoms with E-state index in [4.69, 9.17) is 4.74 Å². The molecule has 0 atom stereocenters. The van der Waals surface area contributed by atoms with Gasteiger partial charge in [-0.3, -0.25) is 9.98 Å². The molecule has 1 aromatic carbocycles. The second-order valence-electron chi connectivity index (χ2n) is 5.96. The average Bonchev–Trinajstić information content (AvgIpc) is 3.46. The van der Waals surface area contributed by atoms with E-state index in [0.29, 0.717) is 13.1 Å². The van der Waals surface area contributed by atoms with Crippen LogP contribution in [0, 0.1) is 5.92 Å². The minimum atomic E-state index is 0. The third kappa shape index (κ3) is 6.53. The van der Waals surface area contributed by atoms with E-state index in [0.717, 1.165) is 35.5 Å². The molecule has 0 saturated heterocycles. The average molecular weight is 452 g/mol. The molecule has 6 heteroatoms. The SMILES string of the molecule is CN=C(NCc1ccccn1)NCc1ccccc1OCC1CC1.I. The normalized spacial score (nSPS) is 13.7. The lowest BCUT2D eigenvalue weighted by Gasteiger charge is -2.14. The van der Waals surface area contributed by atoms with Gasteiger partial charge in [0.2, 0.25) is 0 Å². The summed E-state index contributed by atoms with van der Waals surface area (Å²) in [5, 5.41) is 6.60. The van der Waals surface area contributed by atoms with Gasteiger partial charge in [-0.1, -0.05) is 24.3 Å². The number of hydrogen-bond donors (Lipinski definition) is 2. The first-order chi connectivity index (χ1) is 11.8. The van der Waals surface area contributed by atoms with Crippen molar-refractivity contribution >= 4 is 29.9 Å². The maximum Gasteiger partial charge on any atom is 0.191 e. The van der Waals surface area contributed by atoms with Crippen LogP contribution in [-0.2, 0) is 13.1 Å². The summed E-state index contributed by atoms with van der Waals surface area (Å²) in [7, 11) is 1.77. The van der Waals surface area contributed by atoms with Gasteiger partial charge in [-0.25, -0.2) is 0 Å². The zero-order valence-corrected chi connectivity index (χ0v) is 16.8. The van der Waals surface area contributed by atoms with Crippen LogP contribution in [0.2, 0.25) is 0 Å². The monoisotopic (exact) mass is 452 g/mol. The fourth-order valence-corrected chi connectivity index (χ4v) is 2.36. The quantitative estimate of drug-likeness (QED) is 0.385. The molecule has 1 fully saturated rings. The number of benzene rings is 1. The predicted octanol–water partition coefficient (Wildman–Crippen LogP) is 3.35. The van der Waals surface area contributed by atoms with E-state index in [1.165, 1.54) is 12.8 Å². The zero-order valence-electron chi connectivity index (χ0n) is 14.4. The number of ether oxygens (including phenoxy) is 1. The summed E-state index contributed by atoms with van der Waals surface area (Å²) >= 11 is 0. The Balaban J connectivity index is 0.00000225. The molecule has 0 spiro atoms. The van der Waals surface area contributed by atoms with Crippen LogP contribution < -0.4 is 15.4 Å². The van der Waals surface area contributed by atoms with Crippen LogP contribution in [0.1, 0.15) is 24.1 Å². The van der Waals surface area contributed by atoms with E-state index in [2.05, 4.69) is 26.7 Å². The summed E-state index contributed by atoms with van der Waals surface area (Å²) in [6.45, 7) is 2.13. The first-order valence-electron chi connectivity index (χ1n) is 8.40. The third-order valence-electron chi connectivity index (χ3n) is 3.98. The maximum absolute atomic E-state index is 5.95. The standard InChI is InChI=1S/C19H24N4O.HI/c1-20-19(23-13-17-7-4-5-11-21-17)22-12-16-6-2-3-8-18(16)24-14-15-9-10-15;/h2-8,11,15H,9-10,12-14H2,1H3,(H2,20,22,23);1H. The third-order valence-corrected chi connectivity index (χ3v) is 3.98. The Morgan fingerprint density at radius 1 is 1.12 bits per heavy atom. The highest BCUT2D eigenvalue weighted by atomic mass is 127. The second-order valence-corrected chi connectivity index (χ2v) is 5.96. The van der Waals surface area contributed by atoms with Crippen LogP contribution in [0.3, 0.4) is 0 Å². The Hall–Kier alpha value is -1.83. The van der Waals surface area contributed by atoms with Crippen LogP contribution in [0.4, 0.5) is 0 Å². The molecule has 0 radical (unpaired) electrons. The Morgan fingerprint density at radius 2 is 1.88 bits per heavy atom. The van der Waals surface area contributed by atoms with Gasteiger partial charge in [0.25, 0.3) is 0 Å². The molecule has 0 amide bonds. The van der Waals surface area contributed by atoms with Gasteiger partial charge in [-0.15, -0.1) is 24.0 Å². The van der Waals surface area contributed by atoms with Gasteiger partial charge in [-0.2, -0.15) is 0 Å². The van der Waals surface area contributed by atoms with Crippen molar-refractivity contribution in [1.82, 2.24) is 15.6 Å². The summed E-state index contributed by atoms with van der Waals surface area (Å²) in [6, 6.07) is 14.0. The molecule has 1 heterocycles. The minimum Gasteiger partial charge on any atom is -0.493 e. The van der Waals surface area contributed by atoms with Crippen molar-refractivity contribution in [2.45, 2.75) is 25.9 Å². The molecule has 1 aliphatic rings. The molecular formula is C19H25IN4O. The summed E-state index contributed by atoms with van der Waals surface area (Å²) in [5.74, 6) is 2.45. The molecule has 1 saturated carbocycles. The number of para-hydroxylation sites is 1. The van der Waals surface area contributed by atoms with E-state index in [1.54, 1.807) is 13.2 Å². The Kier molecular flexibility index (Phi) is 7.97. The molecule has 0 bridgehead atoms. The van der Waals surface area contributed by atoms with Gasteiger partial charge in [-0.05, 0) is 37.0 Å². The Morgan fingerprint density at radius 3 is 2.60 bits per heavy atom. The van der Waals surface area contributed by atoms with Crippen molar-refractivity contribution in [3.63, 3.8) is 0 Å². The fourth-order valence-electron chi connectivity index (χ4n) is 2.36. The number of pyridine rings is 1. The van der Waals surface area contributed by atoms with Crippen molar-refractivity contribution in [2.24, 2.45) is 10.9 Å². The fraction of sp³-hybridized carbons (Fsp3) is 0.368. The first-order valence-corrected chi connectivity index (χ1v) is 8.40. The highest BCUT2D eigenvalue weighted by molar-refractivity contribution is 14.0. The summed E-state index contributed by atoms with van der Waals surface area (Å²) < 4.78 is 5.95. The van der Waals surface area contributed by atoms with Crippen LogP contribution in [-0.4, -0.2) is 24.6 Å². The van der Waals surface area contributed by atoms with Crippen LogP contribution >= 0.6 is 24.0 Å². The predicted molar refractivity (Wildman–Crippen MR) is 111 cm³/mol. The van der Waals surface area contributed by atoms with E-state index >= 15 is 0 Å². The highest BCUT2D eigenvalue weighted by Crippen LogP contribution is 2.30. The first kappa shape index (κ1) is 19.5. The zero-order chi connectivity index (χ0) is 16.6. The lowest BCUT2D eigenvalue weighted by molar-refractivity contribution is 0.296. The smallest absolute Gasteiger partial charge is 0.191 e. The number of nitrogens with zero attached hydrogens (tertiary/aromatic N) is 2. The minimum absolute atomic E-state index is 0. The number of aromatic nitrogens is 1. The largest absolute Gasteiger partial charge is 0.493 e. The molecule has 5 nitrogen and oxygen atoms in total. The van der Waals surface area contributed by atoms with E-state index in [1.807, 2.05) is 36.4 Å². The van der Waals surface area contributed by atoms with Gasteiger partial charge >= 0.3 is 0 Å². The number of hydrogen-bond acceptors (Lipinski definition) is 3. The molecule has 134 valence electrons. The molecule has 0 unspecified atom stereocenters. The highest BCUT2D eigenvalue weighted by Gasteiger charge is 2.22. The second kappa shape index (κ2) is 10.2. The van der Waals surface area contributed by atoms with Crippen LogP contribution in [0.15, 0.2) is 53.7 Å². The van der Waals surface area contributed by atoms with E-state index < -0.39 is 0 Å². The molecule has 1 aromatic heterocycles. The molecule has 2 aromatic rings. The van der Waals surface area contributed by atoms with Crippen molar-refractivity contribution in [3.8, 4) is 5.75 Å². The Bertz CT molecular complexity index is 674. The lowest BCUT2D eigenvalue weighted by Crippen LogP contribution is -2.36. The van der Waals surface area contributed by atoms with E-state index in [9.17, 15) is 0 Å². The van der Waals surface area contributed by atoms with Gasteiger partial charge < -0.3 is 15.4 Å². The molecular weight excluding hydrogens is 427 g/mol. The van der Waals surface area contributed by atoms with Crippen molar-refractivity contribution in [3.05, 3.63) is 59.9 Å². The Labute approximate surface area is 166 Å². The van der Waals surface area contributed by atoms with Gasteiger partial charge in [0.15, 0.2) is 5.96 Å². The van der Waals surface area contributed by atoms with Gasteiger partial charge in [0.05, 0.1) is 18.8 Å². The maximum atomic E-state index is 5.95. The number of guanidine groups is 1. The molecule has 25 heavy (non-hydrogen) atoms. The van der Waals surface area contributed by atoms with Crippen molar-refractivity contribution in [2.75, 3.05) is 13.7 Å². The van der Waals surface area contributed by atoms with Gasteiger partial charge in [0.1, 0.15) is 5.75 Å².